The molecular formula is C20H28N2OS. The maximum absolute atomic E-state index is 12.6. The molecule has 0 aliphatic heterocycles. The van der Waals surface area contributed by atoms with Crippen LogP contribution in [0.4, 0.5) is 0 Å². The molecule has 2 rings (SSSR count). The first-order chi connectivity index (χ1) is 11.4. The van der Waals surface area contributed by atoms with E-state index in [2.05, 4.69) is 56.2 Å². The fourth-order valence-corrected chi connectivity index (χ4v) is 3.68. The van der Waals surface area contributed by atoms with Gasteiger partial charge in [0.25, 0.3) is 5.91 Å². The Labute approximate surface area is 149 Å². The lowest BCUT2D eigenvalue weighted by molar-refractivity contribution is 0.0786. The highest BCUT2D eigenvalue weighted by Crippen LogP contribution is 2.18. The van der Waals surface area contributed by atoms with Crippen molar-refractivity contribution in [3.8, 4) is 0 Å². The van der Waals surface area contributed by atoms with Gasteiger partial charge in [0.2, 0.25) is 0 Å². The highest BCUT2D eigenvalue weighted by atomic mass is 32.1. The minimum atomic E-state index is 0.0746. The minimum Gasteiger partial charge on any atom is -0.337 e. The monoisotopic (exact) mass is 344 g/mol. The molecule has 1 amide bonds. The number of amides is 1. The van der Waals surface area contributed by atoms with Gasteiger partial charge in [-0.15, -0.1) is 11.3 Å². The number of nitrogens with zero attached hydrogens (tertiary/aromatic N) is 2. The first-order valence-electron chi connectivity index (χ1n) is 8.53. The van der Waals surface area contributed by atoms with Crippen LogP contribution in [0.5, 0.6) is 0 Å². The van der Waals surface area contributed by atoms with E-state index in [1.54, 1.807) is 16.2 Å². The number of aryl methyl sites for hydroxylation is 1. The Morgan fingerprint density at radius 1 is 1.12 bits per heavy atom. The number of carbonyl (C=O) groups is 1. The van der Waals surface area contributed by atoms with Gasteiger partial charge in [-0.1, -0.05) is 19.1 Å². The number of hydrogen-bond donors (Lipinski definition) is 0. The third-order valence-corrected chi connectivity index (χ3v) is 5.43. The smallest absolute Gasteiger partial charge is 0.253 e. The second kappa shape index (κ2) is 8.45. The molecular weight excluding hydrogens is 316 g/mol. The number of benzene rings is 1. The summed E-state index contributed by atoms with van der Waals surface area (Å²) in [5.41, 5.74) is 3.25. The third-order valence-electron chi connectivity index (χ3n) is 4.42. The maximum Gasteiger partial charge on any atom is 0.253 e. The molecule has 0 spiro atoms. The van der Waals surface area contributed by atoms with Crippen LogP contribution < -0.4 is 0 Å². The van der Waals surface area contributed by atoms with Crippen molar-refractivity contribution in [1.82, 2.24) is 9.80 Å². The van der Waals surface area contributed by atoms with Crippen LogP contribution in [0.1, 0.15) is 47.1 Å². The van der Waals surface area contributed by atoms with Crippen LogP contribution >= 0.6 is 11.3 Å². The van der Waals surface area contributed by atoms with Crippen molar-refractivity contribution in [3.05, 3.63) is 57.3 Å². The Balaban J connectivity index is 2.01. The summed E-state index contributed by atoms with van der Waals surface area (Å²) in [4.78, 5) is 18.0. The lowest BCUT2D eigenvalue weighted by Gasteiger charge is -2.25. The summed E-state index contributed by atoms with van der Waals surface area (Å²) in [6, 6.07) is 10.7. The van der Waals surface area contributed by atoms with E-state index in [9.17, 15) is 4.79 Å². The predicted octanol–water partition coefficient (Wildman–Crippen LogP) is 4.56. The van der Waals surface area contributed by atoms with Crippen molar-refractivity contribution >= 4 is 17.2 Å². The minimum absolute atomic E-state index is 0.0746. The Morgan fingerprint density at radius 2 is 1.79 bits per heavy atom. The van der Waals surface area contributed by atoms with E-state index in [0.717, 1.165) is 18.7 Å². The van der Waals surface area contributed by atoms with Crippen LogP contribution in [-0.4, -0.2) is 35.3 Å². The maximum atomic E-state index is 12.6. The number of thiophene rings is 1. The van der Waals surface area contributed by atoms with Gasteiger partial charge in [-0.25, -0.2) is 0 Å². The van der Waals surface area contributed by atoms with Crippen molar-refractivity contribution in [3.63, 3.8) is 0 Å². The first-order valence-corrected chi connectivity index (χ1v) is 9.41. The molecule has 3 nitrogen and oxygen atoms in total. The molecule has 130 valence electrons. The molecule has 0 unspecified atom stereocenters. The molecule has 0 fully saturated rings. The molecule has 0 bridgehead atoms. The molecule has 1 aromatic carbocycles. The Morgan fingerprint density at radius 3 is 2.29 bits per heavy atom. The summed E-state index contributed by atoms with van der Waals surface area (Å²) in [5, 5.41) is 2.08. The molecule has 1 heterocycles. The van der Waals surface area contributed by atoms with Gasteiger partial charge < -0.3 is 4.90 Å². The summed E-state index contributed by atoms with van der Waals surface area (Å²) < 4.78 is 0. The number of carbonyl (C=O) groups excluding carboxylic acids is 1. The number of rotatable bonds is 7. The molecule has 0 saturated carbocycles. The van der Waals surface area contributed by atoms with E-state index >= 15 is 0 Å². The second-order valence-electron chi connectivity index (χ2n) is 6.54. The van der Waals surface area contributed by atoms with E-state index in [1.807, 2.05) is 19.2 Å². The van der Waals surface area contributed by atoms with Crippen LogP contribution in [0.15, 0.2) is 35.7 Å². The molecule has 2 aromatic rings. The molecule has 0 atom stereocenters. The summed E-state index contributed by atoms with van der Waals surface area (Å²) in [6.07, 6.45) is 0. The fraction of sp³-hybridized carbons (Fsp3) is 0.450. The van der Waals surface area contributed by atoms with Crippen molar-refractivity contribution in [2.75, 3.05) is 13.6 Å². The second-order valence-corrected chi connectivity index (χ2v) is 7.54. The first kappa shape index (κ1) is 18.7. The zero-order valence-corrected chi connectivity index (χ0v) is 16.2. The van der Waals surface area contributed by atoms with Crippen molar-refractivity contribution in [2.24, 2.45) is 0 Å². The normalized spacial score (nSPS) is 11.3. The molecule has 24 heavy (non-hydrogen) atoms. The summed E-state index contributed by atoms with van der Waals surface area (Å²) >= 11 is 1.71. The van der Waals surface area contributed by atoms with Gasteiger partial charge in [-0.2, -0.15) is 0 Å². The van der Waals surface area contributed by atoms with Crippen LogP contribution in [0, 0.1) is 6.92 Å². The van der Waals surface area contributed by atoms with Crippen LogP contribution in [0.25, 0.3) is 0 Å². The molecule has 1 aromatic heterocycles. The largest absolute Gasteiger partial charge is 0.337 e. The molecule has 0 saturated heterocycles. The average molecular weight is 345 g/mol. The van der Waals surface area contributed by atoms with E-state index < -0.39 is 0 Å². The van der Waals surface area contributed by atoms with Crippen molar-refractivity contribution < 1.29 is 4.79 Å². The highest BCUT2D eigenvalue weighted by Gasteiger charge is 2.14. The predicted molar refractivity (Wildman–Crippen MR) is 103 cm³/mol. The zero-order valence-electron chi connectivity index (χ0n) is 15.4. The van der Waals surface area contributed by atoms with Crippen molar-refractivity contribution in [2.45, 2.75) is 46.8 Å². The summed E-state index contributed by atoms with van der Waals surface area (Å²) in [5.74, 6) is 0.0746. The Kier molecular flexibility index (Phi) is 6.58. The standard InChI is InChI=1S/C20H28N2OS/c1-6-22(15(2)3)13-17-7-9-18(10-8-17)20(23)21(5)14-19-16(4)11-12-24-19/h7-12,15H,6,13-14H2,1-5H3. The lowest BCUT2D eigenvalue weighted by Crippen LogP contribution is -2.30. The van der Waals surface area contributed by atoms with Gasteiger partial charge in [-0.05, 0) is 62.0 Å². The zero-order chi connectivity index (χ0) is 17.7. The van der Waals surface area contributed by atoms with Gasteiger partial charge in [0.15, 0.2) is 0 Å². The molecule has 0 N–H and O–H groups in total. The topological polar surface area (TPSA) is 23.6 Å². The van der Waals surface area contributed by atoms with E-state index in [0.29, 0.717) is 12.6 Å². The molecule has 0 aliphatic carbocycles. The van der Waals surface area contributed by atoms with Crippen LogP contribution in [-0.2, 0) is 13.1 Å². The summed E-state index contributed by atoms with van der Waals surface area (Å²) in [6.45, 7) is 11.3. The Hall–Kier alpha value is -1.65. The molecule has 0 radical (unpaired) electrons. The number of hydrogen-bond acceptors (Lipinski definition) is 3. The van der Waals surface area contributed by atoms with Gasteiger partial charge in [0.05, 0.1) is 6.54 Å². The van der Waals surface area contributed by atoms with Gasteiger partial charge in [-0.3, -0.25) is 9.69 Å². The van der Waals surface area contributed by atoms with E-state index in [-0.39, 0.29) is 5.91 Å². The SMILES string of the molecule is CCN(Cc1ccc(C(=O)N(C)Cc2sccc2C)cc1)C(C)C. The quantitative estimate of drug-likeness (QED) is 0.735. The fourth-order valence-electron chi connectivity index (χ4n) is 2.72. The average Bonchev–Trinajstić information content (AvgIpc) is 2.97. The lowest BCUT2D eigenvalue weighted by atomic mass is 10.1. The van der Waals surface area contributed by atoms with Crippen LogP contribution in [0.2, 0.25) is 0 Å². The van der Waals surface area contributed by atoms with Gasteiger partial charge >= 0.3 is 0 Å². The Bertz CT molecular complexity index is 661. The van der Waals surface area contributed by atoms with E-state index in [4.69, 9.17) is 0 Å². The summed E-state index contributed by atoms with van der Waals surface area (Å²) in [7, 11) is 1.87. The molecule has 0 aliphatic rings. The molecule has 4 heteroatoms. The van der Waals surface area contributed by atoms with Crippen molar-refractivity contribution in [1.29, 1.82) is 0 Å². The van der Waals surface area contributed by atoms with Gasteiger partial charge in [0.1, 0.15) is 0 Å². The van der Waals surface area contributed by atoms with Gasteiger partial charge in [0, 0.05) is 30.1 Å². The van der Waals surface area contributed by atoms with Crippen LogP contribution in [0.3, 0.4) is 0 Å². The third kappa shape index (κ3) is 4.68. The highest BCUT2D eigenvalue weighted by molar-refractivity contribution is 7.10. The van der Waals surface area contributed by atoms with E-state index in [1.165, 1.54) is 16.0 Å².